The van der Waals surface area contributed by atoms with Crippen molar-refractivity contribution >= 4 is 29.1 Å². The molecule has 2 aromatic rings. The lowest BCUT2D eigenvalue weighted by atomic mass is 10.5. The monoisotopic (exact) mass is 297 g/mol. The summed E-state index contributed by atoms with van der Waals surface area (Å²) in [5.74, 6) is -1.07. The number of rotatable bonds is 5. The van der Waals surface area contributed by atoms with E-state index in [0.29, 0.717) is 11.7 Å². The molecule has 1 N–H and O–H groups in total. The minimum atomic E-state index is -0.941. The maximum atomic E-state index is 11.2. The average molecular weight is 297 g/mol. The van der Waals surface area contributed by atoms with E-state index in [4.69, 9.17) is 5.11 Å². The Labute approximate surface area is 117 Å². The van der Waals surface area contributed by atoms with Gasteiger partial charge in [-0.2, -0.15) is 4.98 Å². The van der Waals surface area contributed by atoms with Crippen LogP contribution in [0, 0.1) is 6.92 Å². The highest BCUT2D eigenvalue weighted by Gasteiger charge is 2.08. The van der Waals surface area contributed by atoms with E-state index in [1.807, 2.05) is 6.92 Å². The molecule has 0 spiro atoms. The molecule has 100 valence electrons. The molecule has 0 aromatic carbocycles. The van der Waals surface area contributed by atoms with E-state index in [1.165, 1.54) is 6.07 Å². The Morgan fingerprint density at radius 3 is 3.00 bits per heavy atom. The van der Waals surface area contributed by atoms with Crippen molar-refractivity contribution in [3.05, 3.63) is 38.7 Å². The molecule has 2 rings (SSSR count). The molecule has 0 aliphatic carbocycles. The number of carbonyl (C=O) groups is 1. The molecule has 8 heteroatoms. The lowest BCUT2D eigenvalue weighted by Gasteiger charge is -2.09. The summed E-state index contributed by atoms with van der Waals surface area (Å²) in [6.45, 7) is 2.44. The highest BCUT2D eigenvalue weighted by atomic mass is 32.2. The van der Waals surface area contributed by atoms with Crippen LogP contribution in [0.15, 0.2) is 28.4 Å². The first-order chi connectivity index (χ1) is 9.04. The van der Waals surface area contributed by atoms with Gasteiger partial charge in [-0.1, -0.05) is 11.8 Å². The predicted molar refractivity (Wildman–Crippen MR) is 72.8 cm³/mol. The Bertz CT molecular complexity index is 651. The van der Waals surface area contributed by atoms with E-state index in [1.54, 1.807) is 28.3 Å². The number of thioether (sulfide) groups is 1. The third-order valence-corrected chi connectivity index (χ3v) is 4.04. The van der Waals surface area contributed by atoms with Crippen LogP contribution in [-0.4, -0.2) is 31.4 Å². The number of carboxylic acids is 1. The lowest BCUT2D eigenvalue weighted by Crippen LogP contribution is -2.14. The molecule has 2 aromatic heterocycles. The molecule has 0 fully saturated rings. The summed E-state index contributed by atoms with van der Waals surface area (Å²) in [5, 5.41) is 10.0. The summed E-state index contributed by atoms with van der Waals surface area (Å²) in [5.41, 5.74) is -0.371. The molecule has 19 heavy (non-hydrogen) atoms. The first-order valence-corrected chi connectivity index (χ1v) is 7.18. The van der Waals surface area contributed by atoms with Crippen molar-refractivity contribution in [3.63, 3.8) is 0 Å². The summed E-state index contributed by atoms with van der Waals surface area (Å²) >= 11 is 2.59. The molecule has 6 nitrogen and oxygen atoms in total. The Morgan fingerprint density at radius 2 is 2.37 bits per heavy atom. The van der Waals surface area contributed by atoms with E-state index in [9.17, 15) is 9.59 Å². The van der Waals surface area contributed by atoms with Gasteiger partial charge in [0.25, 0.3) is 5.56 Å². The second-order valence-electron chi connectivity index (χ2n) is 3.70. The van der Waals surface area contributed by atoms with Crippen molar-refractivity contribution in [2.75, 3.05) is 5.75 Å². The van der Waals surface area contributed by atoms with Crippen molar-refractivity contribution in [2.45, 2.75) is 18.6 Å². The smallest absolute Gasteiger partial charge is 0.313 e. The lowest BCUT2D eigenvalue weighted by molar-refractivity contribution is -0.133. The summed E-state index contributed by atoms with van der Waals surface area (Å²) < 4.78 is 1.75. The molecule has 0 bridgehead atoms. The van der Waals surface area contributed by atoms with Crippen molar-refractivity contribution in [2.24, 2.45) is 0 Å². The number of aliphatic carboxylic acids is 1. The SMILES string of the molecule is Cc1ncc(Cn2ccc(=O)nc2SCC(=O)O)s1. The molecular weight excluding hydrogens is 286 g/mol. The van der Waals surface area contributed by atoms with Gasteiger partial charge in [-0.3, -0.25) is 9.59 Å². The van der Waals surface area contributed by atoms with Crippen molar-refractivity contribution < 1.29 is 9.90 Å². The number of carboxylic acid groups (broad SMARTS) is 1. The molecule has 0 atom stereocenters. The Hall–Kier alpha value is -1.67. The number of aromatic nitrogens is 3. The van der Waals surface area contributed by atoms with Crippen molar-refractivity contribution in [1.29, 1.82) is 0 Å². The van der Waals surface area contributed by atoms with Gasteiger partial charge < -0.3 is 9.67 Å². The molecule has 0 radical (unpaired) electrons. The summed E-state index contributed by atoms with van der Waals surface area (Å²) in [6.07, 6.45) is 3.39. The Morgan fingerprint density at radius 1 is 1.58 bits per heavy atom. The van der Waals surface area contributed by atoms with Crippen LogP contribution >= 0.6 is 23.1 Å². The van der Waals surface area contributed by atoms with E-state index < -0.39 is 5.97 Å². The van der Waals surface area contributed by atoms with Gasteiger partial charge in [0.1, 0.15) is 0 Å². The fraction of sp³-hybridized carbons (Fsp3) is 0.273. The van der Waals surface area contributed by atoms with Crippen molar-refractivity contribution in [3.8, 4) is 0 Å². The van der Waals surface area contributed by atoms with E-state index in [0.717, 1.165) is 21.6 Å². The number of hydrogen-bond acceptors (Lipinski definition) is 6. The van der Waals surface area contributed by atoms with Gasteiger partial charge in [0.05, 0.1) is 17.3 Å². The van der Waals surface area contributed by atoms with Crippen molar-refractivity contribution in [1.82, 2.24) is 14.5 Å². The van der Waals surface area contributed by atoms with Gasteiger partial charge in [0, 0.05) is 23.3 Å². The standard InChI is InChI=1S/C11H11N3O3S2/c1-7-12-4-8(19-7)5-14-3-2-9(15)13-11(14)18-6-10(16)17/h2-4H,5-6H2,1H3,(H,16,17). The van der Waals surface area contributed by atoms with Crippen LogP contribution in [0.2, 0.25) is 0 Å². The minimum absolute atomic E-state index is 0.127. The number of aryl methyl sites for hydroxylation is 1. The highest BCUT2D eigenvalue weighted by molar-refractivity contribution is 7.99. The van der Waals surface area contributed by atoms with Crippen LogP contribution in [-0.2, 0) is 11.3 Å². The quantitative estimate of drug-likeness (QED) is 0.660. The molecular formula is C11H11N3O3S2. The second-order valence-corrected chi connectivity index (χ2v) is 5.97. The first-order valence-electron chi connectivity index (χ1n) is 5.38. The van der Waals surface area contributed by atoms with E-state index in [-0.39, 0.29) is 11.3 Å². The van der Waals surface area contributed by atoms with Crippen LogP contribution < -0.4 is 5.56 Å². The van der Waals surface area contributed by atoms with E-state index in [2.05, 4.69) is 9.97 Å². The molecule has 0 amide bonds. The molecule has 0 aliphatic heterocycles. The number of nitrogens with zero attached hydrogens (tertiary/aromatic N) is 3. The van der Waals surface area contributed by atoms with Gasteiger partial charge >= 0.3 is 5.97 Å². The zero-order valence-electron chi connectivity index (χ0n) is 10.1. The Balaban J connectivity index is 2.23. The first kappa shape index (κ1) is 13.8. The maximum absolute atomic E-state index is 11.2. The normalized spacial score (nSPS) is 10.6. The topological polar surface area (TPSA) is 85.1 Å². The van der Waals surface area contributed by atoms with E-state index >= 15 is 0 Å². The molecule has 0 saturated carbocycles. The van der Waals surface area contributed by atoms with Crippen LogP contribution in [0.4, 0.5) is 0 Å². The van der Waals surface area contributed by atoms with Crippen LogP contribution in [0.1, 0.15) is 9.88 Å². The van der Waals surface area contributed by atoms with Gasteiger partial charge in [0.2, 0.25) is 0 Å². The van der Waals surface area contributed by atoms with Gasteiger partial charge in [-0.05, 0) is 6.92 Å². The fourth-order valence-corrected chi connectivity index (χ4v) is 2.91. The predicted octanol–water partition coefficient (Wildman–Crippen LogP) is 1.23. The highest BCUT2D eigenvalue weighted by Crippen LogP contribution is 2.18. The number of thiazole rings is 1. The summed E-state index contributed by atoms with van der Waals surface area (Å²) in [6, 6.07) is 1.36. The zero-order valence-corrected chi connectivity index (χ0v) is 11.7. The molecule has 0 saturated heterocycles. The minimum Gasteiger partial charge on any atom is -0.481 e. The molecule has 0 unspecified atom stereocenters. The average Bonchev–Trinajstić information content (AvgIpc) is 2.75. The third kappa shape index (κ3) is 3.90. The Kier molecular flexibility index (Phi) is 4.33. The zero-order chi connectivity index (χ0) is 13.8. The van der Waals surface area contributed by atoms with Gasteiger partial charge in [0.15, 0.2) is 5.16 Å². The second kappa shape index (κ2) is 5.98. The number of hydrogen-bond donors (Lipinski definition) is 1. The fourth-order valence-electron chi connectivity index (χ4n) is 1.42. The van der Waals surface area contributed by atoms with Gasteiger partial charge in [-0.25, -0.2) is 4.98 Å². The summed E-state index contributed by atoms with van der Waals surface area (Å²) in [4.78, 5) is 30.9. The molecule has 0 aliphatic rings. The third-order valence-electron chi connectivity index (χ3n) is 2.17. The largest absolute Gasteiger partial charge is 0.481 e. The van der Waals surface area contributed by atoms with Crippen LogP contribution in [0.3, 0.4) is 0 Å². The molecule has 2 heterocycles. The summed E-state index contributed by atoms with van der Waals surface area (Å²) in [7, 11) is 0. The van der Waals surface area contributed by atoms with Crippen LogP contribution in [0.25, 0.3) is 0 Å². The van der Waals surface area contributed by atoms with Crippen LogP contribution in [0.5, 0.6) is 0 Å². The van der Waals surface area contributed by atoms with Gasteiger partial charge in [-0.15, -0.1) is 11.3 Å². The maximum Gasteiger partial charge on any atom is 0.313 e.